The minimum absolute atomic E-state index is 2.01. The third-order valence-corrected chi connectivity index (χ3v) is 0.273. The van der Waals surface area contributed by atoms with Gasteiger partial charge >= 0.3 is 0 Å². The fourth-order valence-corrected chi connectivity index (χ4v) is 0.0333. The molecule has 0 saturated heterocycles. The quantitative estimate of drug-likeness (QED) is 0.361. The summed E-state index contributed by atoms with van der Waals surface area (Å²) in [6, 6.07) is 0. The van der Waals surface area contributed by atoms with E-state index in [1.54, 1.807) is 0 Å². The lowest BCUT2D eigenvalue weighted by Crippen LogP contribution is -2.15. The van der Waals surface area contributed by atoms with Crippen molar-refractivity contribution in [1.82, 2.24) is 0 Å². The summed E-state index contributed by atoms with van der Waals surface area (Å²) < 4.78 is 19.1. The van der Waals surface area contributed by atoms with Crippen molar-refractivity contribution in [1.29, 1.82) is 0 Å². The van der Waals surface area contributed by atoms with Gasteiger partial charge in [0.25, 0.3) is 0 Å². The van der Waals surface area contributed by atoms with E-state index in [4.69, 9.17) is 19.4 Å². The standard InChI is InChI=1S/C3H8O3/c4-1-3(6)2-5/h3-6H,1-2H2/i1D2,2+1D,3+1/t2-,3+/m0/s1. The summed E-state index contributed by atoms with van der Waals surface area (Å²) in [6.07, 6.45) is -2.07. The van der Waals surface area contributed by atoms with Crippen molar-refractivity contribution in [2.75, 3.05) is 13.1 Å². The molecule has 0 heterocycles. The number of hydrogen-bond acceptors (Lipinski definition) is 3. The maximum atomic E-state index is 8.40. The first-order valence-corrected chi connectivity index (χ1v) is 1.36. The van der Waals surface area contributed by atoms with Crippen LogP contribution in [0, 0.1) is 0 Å². The van der Waals surface area contributed by atoms with Gasteiger partial charge in [0.2, 0.25) is 0 Å². The van der Waals surface area contributed by atoms with Crippen molar-refractivity contribution in [3.63, 3.8) is 0 Å². The van der Waals surface area contributed by atoms with Gasteiger partial charge in [0, 0.05) is 0 Å². The van der Waals surface area contributed by atoms with Gasteiger partial charge in [-0.3, -0.25) is 0 Å². The Morgan fingerprint density at radius 2 is 2.17 bits per heavy atom. The lowest BCUT2D eigenvalue weighted by atomic mass is 11.0. The summed E-state index contributed by atoms with van der Waals surface area (Å²) in [5, 5.41) is 24.8. The van der Waals surface area contributed by atoms with Crippen LogP contribution in [0.1, 0.15) is 4.11 Å². The van der Waals surface area contributed by atoms with Gasteiger partial charge in [0.1, 0.15) is 6.10 Å². The van der Waals surface area contributed by atoms with Crippen molar-refractivity contribution < 1.29 is 19.4 Å². The van der Waals surface area contributed by atoms with Gasteiger partial charge in [-0.15, -0.1) is 0 Å². The summed E-state index contributed by atoms with van der Waals surface area (Å²) in [5.74, 6) is 0. The van der Waals surface area contributed by atoms with Crippen LogP contribution in [0.4, 0.5) is 0 Å². The molecule has 0 amide bonds. The minimum atomic E-state index is -2.90. The van der Waals surface area contributed by atoms with Gasteiger partial charge in [-0.05, 0) is 0 Å². The van der Waals surface area contributed by atoms with Crippen LogP contribution in [-0.2, 0) is 0 Å². The van der Waals surface area contributed by atoms with E-state index in [0.29, 0.717) is 0 Å². The average molecular weight is 97.1 g/mol. The van der Waals surface area contributed by atoms with Crippen LogP contribution in [0.15, 0.2) is 0 Å². The van der Waals surface area contributed by atoms with Gasteiger partial charge in [0.05, 0.1) is 17.3 Å². The normalized spacial score (nSPS) is 29.5. The molecule has 0 fully saturated rings. The van der Waals surface area contributed by atoms with Crippen LogP contribution >= 0.6 is 0 Å². The molecule has 0 spiro atoms. The van der Waals surface area contributed by atoms with E-state index in [2.05, 4.69) is 0 Å². The SMILES string of the molecule is [2H][13C@H](O)[13C@H](O)C([2H])([2H])O. The molecule has 0 bridgehead atoms. The molecule has 0 aromatic rings. The number of aliphatic hydroxyl groups is 3. The van der Waals surface area contributed by atoms with E-state index in [1.165, 1.54) is 0 Å². The largest absolute Gasteiger partial charge is 0.394 e. The average Bonchev–Trinajstić information content (AvgIpc) is 1.62. The zero-order valence-electron chi connectivity index (χ0n) is 6.00. The molecule has 3 heteroatoms. The van der Waals surface area contributed by atoms with Crippen LogP contribution in [0.3, 0.4) is 0 Å². The Hall–Kier alpha value is -0.120. The van der Waals surface area contributed by atoms with Crippen molar-refractivity contribution in [3.05, 3.63) is 0 Å². The number of hydrogen-bond donors (Lipinski definition) is 3. The molecule has 0 unspecified atom stereocenters. The zero-order valence-corrected chi connectivity index (χ0v) is 3.00. The topological polar surface area (TPSA) is 60.7 Å². The monoisotopic (exact) mass is 97.1 g/mol. The van der Waals surface area contributed by atoms with Gasteiger partial charge in [-0.25, -0.2) is 0 Å². The minimum Gasteiger partial charge on any atom is -0.394 e. The number of aliphatic hydroxyl groups excluding tert-OH is 2. The fraction of sp³-hybridized carbons (Fsp3) is 1.00. The van der Waals surface area contributed by atoms with Crippen LogP contribution in [-0.4, -0.2) is 34.6 Å². The molecule has 0 aromatic carbocycles. The third kappa shape index (κ3) is 2.14. The highest BCUT2D eigenvalue weighted by Gasteiger charge is 1.93. The predicted molar refractivity (Wildman–Crippen MR) is 20.2 cm³/mol. The molecule has 6 heavy (non-hydrogen) atoms. The van der Waals surface area contributed by atoms with E-state index < -0.39 is 19.2 Å². The summed E-state index contributed by atoms with van der Waals surface area (Å²) in [7, 11) is 0. The molecule has 3 N–H and O–H groups in total. The smallest absolute Gasteiger partial charge is 0.100 e. The van der Waals surface area contributed by atoms with E-state index in [0.717, 1.165) is 0 Å². The van der Waals surface area contributed by atoms with Gasteiger partial charge in [-0.1, -0.05) is 0 Å². The first-order chi connectivity index (χ1) is 3.85. The first-order valence-electron chi connectivity index (χ1n) is 2.94. The van der Waals surface area contributed by atoms with E-state index in [1.807, 2.05) is 0 Å². The van der Waals surface area contributed by atoms with Crippen molar-refractivity contribution in [3.8, 4) is 0 Å². The molecule has 38 valence electrons. The zero-order chi connectivity index (χ0) is 7.65. The Labute approximate surface area is 40.1 Å². The van der Waals surface area contributed by atoms with Crippen LogP contribution in [0.25, 0.3) is 0 Å². The second kappa shape index (κ2) is 3.08. The lowest BCUT2D eigenvalue weighted by molar-refractivity contribution is 0.0450. The van der Waals surface area contributed by atoms with Crippen molar-refractivity contribution in [2.24, 2.45) is 0 Å². The molecule has 3 nitrogen and oxygen atoms in total. The van der Waals surface area contributed by atoms with Crippen molar-refractivity contribution >= 4 is 0 Å². The Balaban J connectivity index is 3.88. The van der Waals surface area contributed by atoms with Crippen molar-refractivity contribution in [2.45, 2.75) is 6.10 Å². The molecule has 0 aliphatic rings. The highest BCUT2D eigenvalue weighted by molar-refractivity contribution is 4.43. The summed E-state index contributed by atoms with van der Waals surface area (Å²) in [5.41, 5.74) is 0. The maximum Gasteiger partial charge on any atom is 0.100 e. The molecule has 0 rings (SSSR count). The third-order valence-electron chi connectivity index (χ3n) is 0.273. The summed E-state index contributed by atoms with van der Waals surface area (Å²) in [6.45, 7) is -4.91. The van der Waals surface area contributed by atoms with Gasteiger partial charge < -0.3 is 15.3 Å². The van der Waals surface area contributed by atoms with Crippen LogP contribution in [0.2, 0.25) is 0 Å². The molecule has 0 aromatic heterocycles. The van der Waals surface area contributed by atoms with Gasteiger partial charge in [-0.2, -0.15) is 0 Å². The Morgan fingerprint density at radius 3 is 2.17 bits per heavy atom. The fourth-order valence-electron chi connectivity index (χ4n) is 0.0333. The van der Waals surface area contributed by atoms with E-state index >= 15 is 0 Å². The molecule has 0 aliphatic carbocycles. The Morgan fingerprint density at radius 1 is 1.67 bits per heavy atom. The molecule has 0 saturated carbocycles. The van der Waals surface area contributed by atoms with E-state index in [-0.39, 0.29) is 0 Å². The number of rotatable bonds is 2. The summed E-state index contributed by atoms with van der Waals surface area (Å²) >= 11 is 0. The molecule has 2 atom stereocenters. The Bertz CT molecular complexity index is 88.8. The molecular weight excluding hydrogens is 86.0 g/mol. The second-order valence-corrected chi connectivity index (χ2v) is 0.723. The molecule has 0 aliphatic heterocycles. The predicted octanol–water partition coefficient (Wildman–Crippen LogP) is -1.67. The first kappa shape index (κ1) is 2.26. The van der Waals surface area contributed by atoms with E-state index in [9.17, 15) is 0 Å². The second-order valence-electron chi connectivity index (χ2n) is 0.723. The lowest BCUT2D eigenvalue weighted by Gasteiger charge is -1.96. The Kier molecular flexibility index (Phi) is 1.16. The highest BCUT2D eigenvalue weighted by atomic mass is 16.5. The highest BCUT2D eigenvalue weighted by Crippen LogP contribution is 1.71. The maximum absolute atomic E-state index is 8.40. The van der Waals surface area contributed by atoms with Crippen LogP contribution in [0.5, 0.6) is 0 Å². The molecule has 0 radical (unpaired) electrons. The van der Waals surface area contributed by atoms with Crippen LogP contribution < -0.4 is 0 Å². The van der Waals surface area contributed by atoms with Gasteiger partial charge in [0.15, 0.2) is 0 Å². The summed E-state index contributed by atoms with van der Waals surface area (Å²) in [4.78, 5) is 0. The molecular formula is C3H8O3.